The average Bonchev–Trinajstić information content (AvgIpc) is 2.56. The maximum Gasteiger partial charge on any atom is 0.499 e. The molecule has 0 aromatic carbocycles. The van der Waals surface area contributed by atoms with Crippen molar-refractivity contribution in [2.75, 3.05) is 6.61 Å². The van der Waals surface area contributed by atoms with Gasteiger partial charge in [-0.1, -0.05) is 13.0 Å². The highest BCUT2D eigenvalue weighted by Crippen LogP contribution is 2.36. The summed E-state index contributed by atoms with van der Waals surface area (Å²) in [6.45, 7) is 5.06. The van der Waals surface area contributed by atoms with Gasteiger partial charge in [-0.05, 0) is 26.2 Å². The second-order valence-corrected chi connectivity index (χ2v) is 5.89. The summed E-state index contributed by atoms with van der Waals surface area (Å²) in [6, 6.07) is 0. The zero-order chi connectivity index (χ0) is 21.5. The van der Waals surface area contributed by atoms with E-state index in [1.54, 1.807) is 4.98 Å². The molecule has 1 heterocycles. The van der Waals surface area contributed by atoms with Gasteiger partial charge in [0.05, 0.1) is 12.8 Å². The molecule has 0 aliphatic rings. The van der Waals surface area contributed by atoms with Crippen molar-refractivity contribution < 1.29 is 36.2 Å². The van der Waals surface area contributed by atoms with Crippen LogP contribution >= 0.6 is 0 Å². The number of ether oxygens (including phenoxy) is 2. The molecule has 0 amide bonds. The van der Waals surface area contributed by atoms with Gasteiger partial charge in [-0.15, -0.1) is 0 Å². The molecule has 7 nitrogen and oxygen atoms in total. The van der Waals surface area contributed by atoms with Crippen molar-refractivity contribution >= 4 is 5.97 Å². The third-order valence-corrected chi connectivity index (χ3v) is 3.42. The number of halogens is 5. The van der Waals surface area contributed by atoms with Gasteiger partial charge >= 0.3 is 23.9 Å². The lowest BCUT2D eigenvalue weighted by Gasteiger charge is -2.19. The number of nitrogens with one attached hydrogen (secondary N) is 1. The highest BCUT2D eigenvalue weighted by molar-refractivity contribution is 5.86. The highest BCUT2D eigenvalue weighted by Gasteiger charge is 2.61. The topological polar surface area (TPSA) is 90.4 Å². The number of H-pyrrole nitrogens is 1. The normalized spacial score (nSPS) is 11.9. The highest BCUT2D eigenvalue weighted by atomic mass is 19.4. The summed E-state index contributed by atoms with van der Waals surface area (Å²) in [6.07, 6.45) is -9.05. The fourth-order valence-corrected chi connectivity index (χ4v) is 1.95. The molecule has 0 radical (unpaired) electrons. The average molecular weight is 414 g/mol. The van der Waals surface area contributed by atoms with Crippen molar-refractivity contribution in [1.29, 1.82) is 0 Å². The van der Waals surface area contributed by atoms with E-state index in [9.17, 15) is 36.3 Å². The minimum Gasteiger partial charge on any atom is -0.462 e. The molecule has 158 valence electrons. The van der Waals surface area contributed by atoms with E-state index in [2.05, 4.69) is 11.3 Å². The van der Waals surface area contributed by atoms with Crippen LogP contribution in [0.4, 0.5) is 22.0 Å². The lowest BCUT2D eigenvalue weighted by Crippen LogP contribution is -2.44. The van der Waals surface area contributed by atoms with Crippen molar-refractivity contribution in [1.82, 2.24) is 9.55 Å². The first kappa shape index (κ1) is 23.4. The van der Waals surface area contributed by atoms with E-state index in [1.807, 2.05) is 0 Å². The van der Waals surface area contributed by atoms with Gasteiger partial charge < -0.3 is 9.47 Å². The van der Waals surface area contributed by atoms with E-state index in [4.69, 9.17) is 4.74 Å². The summed E-state index contributed by atoms with van der Waals surface area (Å²) in [4.78, 5) is 35.8. The molecule has 0 fully saturated rings. The molecule has 1 N–H and O–H groups in total. The first-order valence-electron chi connectivity index (χ1n) is 8.15. The van der Waals surface area contributed by atoms with Gasteiger partial charge in [0, 0.05) is 12.1 Å². The molecular weight excluding hydrogens is 395 g/mol. The summed E-state index contributed by atoms with van der Waals surface area (Å²) >= 11 is 0. The fraction of sp³-hybridized carbons (Fsp3) is 0.562. The Hall–Kier alpha value is -2.66. The summed E-state index contributed by atoms with van der Waals surface area (Å²) < 4.78 is 71.5. The lowest BCUT2D eigenvalue weighted by molar-refractivity contribution is -0.361. The van der Waals surface area contributed by atoms with Gasteiger partial charge in [-0.25, -0.2) is 9.59 Å². The van der Waals surface area contributed by atoms with Crippen LogP contribution in [0.25, 0.3) is 0 Å². The number of hydrogen-bond acceptors (Lipinski definition) is 5. The quantitative estimate of drug-likeness (QED) is 0.275. The van der Waals surface area contributed by atoms with Gasteiger partial charge in [0.25, 0.3) is 5.56 Å². The maximum atomic E-state index is 12.9. The van der Waals surface area contributed by atoms with Gasteiger partial charge in [0.15, 0.2) is 0 Å². The zero-order valence-corrected chi connectivity index (χ0v) is 14.9. The molecule has 1 aromatic rings. The second-order valence-electron chi connectivity index (χ2n) is 5.89. The number of aromatic nitrogens is 2. The van der Waals surface area contributed by atoms with Crippen LogP contribution in [0.3, 0.4) is 0 Å². The van der Waals surface area contributed by atoms with Gasteiger partial charge in [0.1, 0.15) is 0 Å². The Morgan fingerprint density at radius 1 is 1.14 bits per heavy atom. The third-order valence-electron chi connectivity index (χ3n) is 3.42. The predicted octanol–water partition coefficient (Wildman–Crippen LogP) is 2.75. The van der Waals surface area contributed by atoms with Crippen molar-refractivity contribution in [2.45, 2.75) is 51.4 Å². The van der Waals surface area contributed by atoms with Crippen LogP contribution in [0.2, 0.25) is 0 Å². The van der Waals surface area contributed by atoms with E-state index in [-0.39, 0.29) is 18.7 Å². The number of carbonyl (C=O) groups excluding carboxylic acids is 1. The standard InChI is InChI=1S/C16H19F5N2O5/c1-10(2)13(25)27-8-6-4-3-5-7-23-9-11(12(24)22-14(23)26)28-16(20,21)15(17,18)19/h9H,1,3-8H2,2H3,(H,22,24,26). The van der Waals surface area contributed by atoms with E-state index in [1.165, 1.54) is 6.92 Å². The third kappa shape index (κ3) is 6.82. The zero-order valence-electron chi connectivity index (χ0n) is 14.9. The minimum absolute atomic E-state index is 0.0465. The number of esters is 1. The first-order valence-corrected chi connectivity index (χ1v) is 8.15. The van der Waals surface area contributed by atoms with Crippen molar-refractivity contribution in [2.24, 2.45) is 0 Å². The molecular formula is C16H19F5N2O5. The van der Waals surface area contributed by atoms with Crippen LogP contribution in [0.1, 0.15) is 32.6 Å². The molecule has 0 aliphatic heterocycles. The molecule has 0 saturated heterocycles. The van der Waals surface area contributed by atoms with E-state index >= 15 is 0 Å². The molecule has 0 saturated carbocycles. The summed E-state index contributed by atoms with van der Waals surface area (Å²) in [5.74, 6) is -1.84. The number of hydrogen-bond donors (Lipinski definition) is 1. The SMILES string of the molecule is C=C(C)C(=O)OCCCCCCn1cc(OC(F)(F)C(F)(F)F)c(=O)[nH]c1=O. The fourth-order valence-electron chi connectivity index (χ4n) is 1.95. The van der Waals surface area contributed by atoms with Gasteiger partial charge in [-0.3, -0.25) is 14.3 Å². The van der Waals surface area contributed by atoms with Crippen molar-refractivity contribution in [3.63, 3.8) is 0 Å². The molecule has 1 aromatic heterocycles. The molecule has 28 heavy (non-hydrogen) atoms. The number of alkyl halides is 5. The smallest absolute Gasteiger partial charge is 0.462 e. The molecule has 0 atom stereocenters. The largest absolute Gasteiger partial charge is 0.499 e. The predicted molar refractivity (Wildman–Crippen MR) is 87.2 cm³/mol. The molecule has 0 bridgehead atoms. The van der Waals surface area contributed by atoms with E-state index in [0.717, 1.165) is 4.57 Å². The van der Waals surface area contributed by atoms with Crippen LogP contribution in [0.5, 0.6) is 5.75 Å². The Bertz CT molecular complexity index is 813. The first-order chi connectivity index (χ1) is 12.8. The molecule has 12 heteroatoms. The number of unbranched alkanes of at least 4 members (excludes halogenated alkanes) is 3. The van der Waals surface area contributed by atoms with E-state index in [0.29, 0.717) is 31.9 Å². The summed E-state index contributed by atoms with van der Waals surface area (Å²) in [5, 5.41) is 0. The monoisotopic (exact) mass is 414 g/mol. The van der Waals surface area contributed by atoms with Crippen molar-refractivity contribution in [3.8, 4) is 5.75 Å². The van der Waals surface area contributed by atoms with Crippen LogP contribution in [0.15, 0.2) is 27.9 Å². The molecule has 0 unspecified atom stereocenters. The summed E-state index contributed by atoms with van der Waals surface area (Å²) in [5.41, 5.74) is -2.20. The Morgan fingerprint density at radius 2 is 1.75 bits per heavy atom. The number of aryl methyl sites for hydroxylation is 1. The van der Waals surface area contributed by atoms with E-state index < -0.39 is 35.3 Å². The number of aromatic amines is 1. The molecule has 1 rings (SSSR count). The van der Waals surface area contributed by atoms with Crippen LogP contribution in [-0.2, 0) is 16.1 Å². The van der Waals surface area contributed by atoms with Crippen LogP contribution in [-0.4, -0.2) is 34.4 Å². The van der Waals surface area contributed by atoms with Crippen LogP contribution in [0, 0.1) is 0 Å². The number of nitrogens with zero attached hydrogens (tertiary/aromatic N) is 1. The molecule has 0 spiro atoms. The van der Waals surface area contributed by atoms with Gasteiger partial charge in [0.2, 0.25) is 5.75 Å². The van der Waals surface area contributed by atoms with Crippen molar-refractivity contribution in [3.05, 3.63) is 39.2 Å². The molecule has 0 aliphatic carbocycles. The maximum absolute atomic E-state index is 12.9. The van der Waals surface area contributed by atoms with Crippen LogP contribution < -0.4 is 16.0 Å². The Kier molecular flexibility index (Phi) is 7.94. The Morgan fingerprint density at radius 3 is 2.32 bits per heavy atom. The Balaban J connectivity index is 2.59. The summed E-state index contributed by atoms with van der Waals surface area (Å²) in [7, 11) is 0. The number of rotatable bonds is 10. The minimum atomic E-state index is -6.02. The second kappa shape index (κ2) is 9.51. The van der Waals surface area contributed by atoms with Gasteiger partial charge in [-0.2, -0.15) is 22.0 Å². The lowest BCUT2D eigenvalue weighted by atomic mass is 10.2. The Labute approximate surface area is 155 Å². The number of carbonyl (C=O) groups is 1.